The third kappa shape index (κ3) is 3.01. The summed E-state index contributed by atoms with van der Waals surface area (Å²) in [6.45, 7) is 7.67. The predicted molar refractivity (Wildman–Crippen MR) is 83.3 cm³/mol. The van der Waals surface area contributed by atoms with Crippen molar-refractivity contribution in [2.45, 2.75) is 77.2 Å². The van der Waals surface area contributed by atoms with Crippen molar-refractivity contribution >= 4 is 0 Å². The summed E-state index contributed by atoms with van der Waals surface area (Å²) in [6.07, 6.45) is 7.70. The second-order valence-corrected chi connectivity index (χ2v) is 7.03. The molecule has 0 radical (unpaired) electrons. The summed E-state index contributed by atoms with van der Waals surface area (Å²) >= 11 is 0. The van der Waals surface area contributed by atoms with Crippen LogP contribution in [0.3, 0.4) is 0 Å². The van der Waals surface area contributed by atoms with Crippen LogP contribution in [0.5, 0.6) is 0 Å². The van der Waals surface area contributed by atoms with Crippen LogP contribution in [0.4, 0.5) is 0 Å². The van der Waals surface area contributed by atoms with Crippen LogP contribution in [0.15, 0.2) is 4.52 Å². The van der Waals surface area contributed by atoms with Crippen molar-refractivity contribution in [2.24, 2.45) is 11.8 Å². The van der Waals surface area contributed by atoms with Crippen LogP contribution in [0.25, 0.3) is 0 Å². The lowest BCUT2D eigenvalue weighted by molar-refractivity contribution is 0.312. The van der Waals surface area contributed by atoms with Crippen molar-refractivity contribution in [2.75, 3.05) is 6.54 Å². The number of aromatic nitrogens is 2. The summed E-state index contributed by atoms with van der Waals surface area (Å²) < 4.78 is 5.61. The Kier molecular flexibility index (Phi) is 4.63. The number of hydrogen-bond acceptors (Lipinski definition) is 4. The lowest BCUT2D eigenvalue weighted by atomic mass is 9.88. The third-order valence-electron chi connectivity index (χ3n) is 5.62. The molecule has 5 atom stereocenters. The first-order chi connectivity index (χ1) is 10.2. The minimum absolute atomic E-state index is 0.293. The van der Waals surface area contributed by atoms with Crippen LogP contribution in [0, 0.1) is 11.8 Å². The Morgan fingerprint density at radius 1 is 1.29 bits per heavy atom. The molecule has 1 aromatic rings. The van der Waals surface area contributed by atoms with E-state index in [-0.39, 0.29) is 0 Å². The number of nitrogens with zero attached hydrogens (tertiary/aromatic N) is 2. The van der Waals surface area contributed by atoms with Gasteiger partial charge in [0.05, 0.1) is 5.92 Å². The van der Waals surface area contributed by atoms with Gasteiger partial charge in [0, 0.05) is 12.0 Å². The molecule has 2 bridgehead atoms. The fraction of sp³-hybridized carbons (Fsp3) is 0.882. The van der Waals surface area contributed by atoms with E-state index in [9.17, 15) is 0 Å². The SMILES string of the molecule is CCCNC(CC)C(C)c1nc(C2CC3CCC2C3)no1. The van der Waals surface area contributed by atoms with Crippen LogP contribution in [-0.2, 0) is 0 Å². The smallest absolute Gasteiger partial charge is 0.231 e. The lowest BCUT2D eigenvalue weighted by Crippen LogP contribution is -2.33. The van der Waals surface area contributed by atoms with Gasteiger partial charge in [-0.3, -0.25) is 0 Å². The monoisotopic (exact) mass is 291 g/mol. The molecule has 1 aromatic heterocycles. The first-order valence-corrected chi connectivity index (χ1v) is 8.79. The van der Waals surface area contributed by atoms with E-state index in [1.54, 1.807) is 0 Å². The fourth-order valence-electron chi connectivity index (χ4n) is 4.32. The minimum atomic E-state index is 0.293. The van der Waals surface area contributed by atoms with Crippen LogP contribution in [-0.4, -0.2) is 22.7 Å². The maximum Gasteiger partial charge on any atom is 0.231 e. The molecule has 1 heterocycles. The quantitative estimate of drug-likeness (QED) is 0.829. The van der Waals surface area contributed by atoms with Gasteiger partial charge in [0.1, 0.15) is 0 Å². The van der Waals surface area contributed by atoms with Crippen molar-refractivity contribution in [3.8, 4) is 0 Å². The molecule has 0 amide bonds. The van der Waals surface area contributed by atoms with E-state index in [1.807, 2.05) is 0 Å². The van der Waals surface area contributed by atoms with Crippen molar-refractivity contribution in [3.63, 3.8) is 0 Å². The largest absolute Gasteiger partial charge is 0.339 e. The Bertz CT molecular complexity index is 459. The Morgan fingerprint density at radius 2 is 2.14 bits per heavy atom. The van der Waals surface area contributed by atoms with E-state index in [4.69, 9.17) is 9.51 Å². The van der Waals surface area contributed by atoms with Crippen molar-refractivity contribution in [3.05, 3.63) is 11.7 Å². The summed E-state index contributed by atoms with van der Waals surface area (Å²) in [5.41, 5.74) is 0. The van der Waals surface area contributed by atoms with Gasteiger partial charge in [-0.25, -0.2) is 0 Å². The van der Waals surface area contributed by atoms with Crippen LogP contribution in [0.2, 0.25) is 0 Å². The molecule has 1 N–H and O–H groups in total. The molecule has 0 spiro atoms. The van der Waals surface area contributed by atoms with E-state index in [0.29, 0.717) is 17.9 Å². The normalized spacial score (nSPS) is 30.7. The first kappa shape index (κ1) is 15.0. The van der Waals surface area contributed by atoms with Crippen LogP contribution < -0.4 is 5.32 Å². The summed E-state index contributed by atoms with van der Waals surface area (Å²) in [4.78, 5) is 4.77. The van der Waals surface area contributed by atoms with Gasteiger partial charge in [-0.05, 0) is 50.5 Å². The molecule has 0 aromatic carbocycles. The van der Waals surface area contributed by atoms with Crippen molar-refractivity contribution < 1.29 is 4.52 Å². The van der Waals surface area contributed by atoms with E-state index < -0.39 is 0 Å². The van der Waals surface area contributed by atoms with E-state index >= 15 is 0 Å². The molecule has 2 aliphatic rings. The third-order valence-corrected chi connectivity index (χ3v) is 5.62. The zero-order valence-corrected chi connectivity index (χ0v) is 13.6. The molecule has 2 saturated carbocycles. The lowest BCUT2D eigenvalue weighted by Gasteiger charge is -2.21. The molecule has 5 unspecified atom stereocenters. The Balaban J connectivity index is 1.66. The van der Waals surface area contributed by atoms with Gasteiger partial charge in [-0.15, -0.1) is 0 Å². The molecule has 4 heteroatoms. The van der Waals surface area contributed by atoms with Gasteiger partial charge < -0.3 is 9.84 Å². The van der Waals surface area contributed by atoms with Gasteiger partial charge in [0.15, 0.2) is 5.82 Å². The highest BCUT2D eigenvalue weighted by Crippen LogP contribution is 2.52. The Hall–Kier alpha value is -0.900. The first-order valence-electron chi connectivity index (χ1n) is 8.79. The topological polar surface area (TPSA) is 51.0 Å². The number of hydrogen-bond donors (Lipinski definition) is 1. The summed E-state index contributed by atoms with van der Waals surface area (Å²) in [5, 5.41) is 7.92. The summed E-state index contributed by atoms with van der Waals surface area (Å²) in [7, 11) is 0. The summed E-state index contributed by atoms with van der Waals surface area (Å²) in [6, 6.07) is 0.429. The maximum absolute atomic E-state index is 5.61. The van der Waals surface area contributed by atoms with Crippen LogP contribution in [0.1, 0.15) is 82.8 Å². The highest BCUT2D eigenvalue weighted by molar-refractivity contribution is 5.08. The van der Waals surface area contributed by atoms with E-state index in [1.165, 1.54) is 25.7 Å². The molecule has 21 heavy (non-hydrogen) atoms. The average molecular weight is 291 g/mol. The molecular weight excluding hydrogens is 262 g/mol. The van der Waals surface area contributed by atoms with E-state index in [0.717, 1.165) is 42.9 Å². The Labute approximate surface area is 128 Å². The van der Waals surface area contributed by atoms with Crippen molar-refractivity contribution in [1.29, 1.82) is 0 Å². The molecule has 4 nitrogen and oxygen atoms in total. The van der Waals surface area contributed by atoms with Gasteiger partial charge in [0.25, 0.3) is 0 Å². The molecule has 0 aliphatic heterocycles. The highest BCUT2D eigenvalue weighted by atomic mass is 16.5. The number of rotatable bonds is 7. The minimum Gasteiger partial charge on any atom is -0.339 e. The van der Waals surface area contributed by atoms with Gasteiger partial charge >= 0.3 is 0 Å². The van der Waals surface area contributed by atoms with Crippen molar-refractivity contribution in [1.82, 2.24) is 15.5 Å². The van der Waals surface area contributed by atoms with Gasteiger partial charge in [0.2, 0.25) is 5.89 Å². The molecule has 2 fully saturated rings. The summed E-state index contributed by atoms with van der Waals surface area (Å²) in [5.74, 6) is 4.40. The average Bonchev–Trinajstić information content (AvgIpc) is 3.23. The zero-order chi connectivity index (χ0) is 14.8. The Morgan fingerprint density at radius 3 is 2.76 bits per heavy atom. The second kappa shape index (κ2) is 6.47. The van der Waals surface area contributed by atoms with Crippen LogP contribution >= 0.6 is 0 Å². The zero-order valence-electron chi connectivity index (χ0n) is 13.6. The second-order valence-electron chi connectivity index (χ2n) is 7.03. The maximum atomic E-state index is 5.61. The predicted octanol–water partition coefficient (Wildman–Crippen LogP) is 3.85. The van der Waals surface area contributed by atoms with Gasteiger partial charge in [-0.1, -0.05) is 32.3 Å². The number of fused-ring (bicyclic) bond motifs is 2. The standard InChI is InChI=1S/C17H29N3O/c1-4-8-18-15(5-2)11(3)17-19-16(20-21-17)14-10-12-6-7-13(14)9-12/h11-15,18H,4-10H2,1-3H3. The van der Waals surface area contributed by atoms with E-state index in [2.05, 4.69) is 31.2 Å². The highest BCUT2D eigenvalue weighted by Gasteiger charge is 2.42. The molecule has 118 valence electrons. The fourth-order valence-corrected chi connectivity index (χ4v) is 4.32. The molecule has 3 rings (SSSR count). The molecule has 0 saturated heterocycles. The molecule has 2 aliphatic carbocycles. The number of nitrogens with one attached hydrogen (secondary N) is 1. The molecular formula is C17H29N3O. The van der Waals surface area contributed by atoms with Gasteiger partial charge in [-0.2, -0.15) is 4.98 Å².